The van der Waals surface area contributed by atoms with Gasteiger partial charge in [-0.3, -0.25) is 4.57 Å². The molecule has 0 saturated carbocycles. The average Bonchev–Trinajstić information content (AvgIpc) is 3.60. The molecule has 53 heavy (non-hydrogen) atoms. The van der Waals surface area contributed by atoms with Gasteiger partial charge in [0.15, 0.2) is 0 Å². The maximum absolute atomic E-state index is 6.89. The summed E-state index contributed by atoms with van der Waals surface area (Å²) in [5.74, 6) is 5.10. The van der Waals surface area contributed by atoms with E-state index in [0.717, 1.165) is 52.6 Å². The summed E-state index contributed by atoms with van der Waals surface area (Å²) in [6.45, 7) is 25.3. The van der Waals surface area contributed by atoms with Crippen LogP contribution < -0.4 is 4.74 Å². The Morgan fingerprint density at radius 1 is 0.849 bits per heavy atom. The Bertz CT molecular complexity index is 2310. The Morgan fingerprint density at radius 3 is 2.32 bits per heavy atom. The van der Waals surface area contributed by atoms with Gasteiger partial charge in [0.05, 0.1) is 22.4 Å². The van der Waals surface area contributed by atoms with Gasteiger partial charge in [-0.1, -0.05) is 92.2 Å². The van der Waals surface area contributed by atoms with Crippen molar-refractivity contribution < 1.29 is 4.74 Å². The molecule has 5 nitrogen and oxygen atoms in total. The number of nitrogens with zero attached hydrogens (tertiary/aromatic N) is 4. The number of hydrogen-bond acceptors (Lipinski definition) is 3. The van der Waals surface area contributed by atoms with Crippen LogP contribution in [0.3, 0.4) is 0 Å². The molecule has 0 radical (unpaired) electrons. The summed E-state index contributed by atoms with van der Waals surface area (Å²) in [6.07, 6.45) is 7.73. The van der Waals surface area contributed by atoms with Gasteiger partial charge in [-0.25, -0.2) is 9.67 Å². The standard InChI is InChI=1S/C48H58N4O/c1-29(2)16-19-43-47(46-32(6)22-31(5)23-33(46)7)34(8)50-52(43)37-25-36(48(9,10)11)26-39(27-37)53-38-17-18-41-40-14-12-13-15-42(40)51(44(41)28-38)45-24-35(30(3)4)20-21-49-45/h12-15,17-18,20-22,24-31,33,46H,16,19,23H2,1-11H3/t31-,33-,46?/m0/s1. The molecule has 3 atom stereocenters. The molecule has 7 rings (SSSR count). The lowest BCUT2D eigenvalue weighted by atomic mass is 9.72. The Balaban J connectivity index is 1.36. The first-order valence-corrected chi connectivity index (χ1v) is 19.8. The summed E-state index contributed by atoms with van der Waals surface area (Å²) in [5, 5.41) is 7.73. The third kappa shape index (κ3) is 7.20. The molecule has 1 aliphatic rings. The van der Waals surface area contributed by atoms with Crippen LogP contribution in [0.4, 0.5) is 0 Å². The summed E-state index contributed by atoms with van der Waals surface area (Å²) in [5.41, 5.74) is 11.1. The molecule has 0 N–H and O–H groups in total. The van der Waals surface area contributed by atoms with Crippen molar-refractivity contribution in [1.82, 2.24) is 19.3 Å². The van der Waals surface area contributed by atoms with E-state index in [9.17, 15) is 0 Å². The molecule has 0 amide bonds. The van der Waals surface area contributed by atoms with E-state index in [4.69, 9.17) is 14.8 Å². The van der Waals surface area contributed by atoms with E-state index in [2.05, 4.69) is 164 Å². The highest BCUT2D eigenvalue weighted by molar-refractivity contribution is 6.09. The van der Waals surface area contributed by atoms with Gasteiger partial charge in [0, 0.05) is 46.3 Å². The lowest BCUT2D eigenvalue weighted by Gasteiger charge is -2.33. The SMILES string of the molecule is CC1=C[C@H](C)C[C@H](C)C1c1c(C)nn(-c2cc(Oc3ccc4c5ccccc5n(-c5cc(C(C)C)ccn5)c4c3)cc(C(C)(C)C)c2)c1CCC(C)C. The highest BCUT2D eigenvalue weighted by Gasteiger charge is 2.33. The van der Waals surface area contributed by atoms with Crippen LogP contribution >= 0.6 is 0 Å². The predicted octanol–water partition coefficient (Wildman–Crippen LogP) is 13.2. The van der Waals surface area contributed by atoms with Crippen LogP contribution in [0.25, 0.3) is 33.3 Å². The molecule has 1 aliphatic carbocycles. The van der Waals surface area contributed by atoms with Crippen molar-refractivity contribution >= 4 is 21.8 Å². The van der Waals surface area contributed by atoms with Gasteiger partial charge in [0.25, 0.3) is 0 Å². The van der Waals surface area contributed by atoms with Gasteiger partial charge < -0.3 is 4.74 Å². The van der Waals surface area contributed by atoms with Gasteiger partial charge in [-0.05, 0) is 116 Å². The van der Waals surface area contributed by atoms with Crippen LogP contribution in [-0.4, -0.2) is 19.3 Å². The Kier molecular flexibility index (Phi) is 9.91. The maximum Gasteiger partial charge on any atom is 0.137 e. The average molecular weight is 707 g/mol. The number of hydrogen-bond donors (Lipinski definition) is 0. The Labute approximate surface area is 317 Å². The summed E-state index contributed by atoms with van der Waals surface area (Å²) < 4.78 is 11.4. The molecule has 3 aromatic carbocycles. The van der Waals surface area contributed by atoms with Gasteiger partial charge >= 0.3 is 0 Å². The fourth-order valence-electron chi connectivity index (χ4n) is 8.69. The molecule has 1 unspecified atom stereocenters. The molecule has 276 valence electrons. The molecule has 3 heterocycles. The molecule has 0 saturated heterocycles. The summed E-state index contributed by atoms with van der Waals surface area (Å²) >= 11 is 0. The van der Waals surface area contributed by atoms with E-state index >= 15 is 0 Å². The van der Waals surface area contributed by atoms with Gasteiger partial charge in [-0.2, -0.15) is 5.10 Å². The molecule has 5 heteroatoms. The first-order chi connectivity index (χ1) is 25.2. The highest BCUT2D eigenvalue weighted by atomic mass is 16.5. The van der Waals surface area contributed by atoms with E-state index in [1.165, 1.54) is 45.2 Å². The minimum Gasteiger partial charge on any atom is -0.457 e. The topological polar surface area (TPSA) is 44.9 Å². The smallest absolute Gasteiger partial charge is 0.137 e. The maximum atomic E-state index is 6.89. The summed E-state index contributed by atoms with van der Waals surface area (Å²) in [4.78, 5) is 4.86. The van der Waals surface area contributed by atoms with Crippen molar-refractivity contribution in [2.24, 2.45) is 17.8 Å². The van der Waals surface area contributed by atoms with Crippen molar-refractivity contribution in [2.75, 3.05) is 0 Å². The molecular formula is C48H58N4O. The Hall–Kier alpha value is -4.64. The van der Waals surface area contributed by atoms with E-state index < -0.39 is 0 Å². The second-order valence-corrected chi connectivity index (χ2v) is 17.6. The summed E-state index contributed by atoms with van der Waals surface area (Å²) in [6, 6.07) is 26.1. The Morgan fingerprint density at radius 2 is 1.60 bits per heavy atom. The van der Waals surface area contributed by atoms with Gasteiger partial charge in [-0.15, -0.1) is 0 Å². The van der Waals surface area contributed by atoms with Crippen molar-refractivity contribution in [3.8, 4) is 23.0 Å². The largest absolute Gasteiger partial charge is 0.457 e. The van der Waals surface area contributed by atoms with E-state index in [0.29, 0.717) is 29.6 Å². The number of aryl methyl sites for hydroxylation is 1. The van der Waals surface area contributed by atoms with Crippen LogP contribution in [0.15, 0.2) is 90.6 Å². The monoisotopic (exact) mass is 706 g/mol. The number of aromatic nitrogens is 4. The normalized spacial score (nSPS) is 18.1. The van der Waals surface area contributed by atoms with Crippen molar-refractivity contribution in [2.45, 2.75) is 113 Å². The van der Waals surface area contributed by atoms with Crippen molar-refractivity contribution in [3.05, 3.63) is 119 Å². The molecular weight excluding hydrogens is 649 g/mol. The lowest BCUT2D eigenvalue weighted by molar-refractivity contribution is 0.389. The summed E-state index contributed by atoms with van der Waals surface area (Å²) in [7, 11) is 0. The molecule has 0 fully saturated rings. The second-order valence-electron chi connectivity index (χ2n) is 17.6. The quantitative estimate of drug-likeness (QED) is 0.141. The number of ether oxygens (including phenoxy) is 1. The predicted molar refractivity (Wildman–Crippen MR) is 222 cm³/mol. The third-order valence-corrected chi connectivity index (χ3v) is 11.4. The first-order valence-electron chi connectivity index (χ1n) is 19.8. The molecule has 3 aromatic heterocycles. The minimum absolute atomic E-state index is 0.0892. The first kappa shape index (κ1) is 36.7. The highest BCUT2D eigenvalue weighted by Crippen LogP contribution is 2.44. The van der Waals surface area contributed by atoms with E-state index in [1.54, 1.807) is 0 Å². The van der Waals surface area contributed by atoms with Gasteiger partial charge in [0.1, 0.15) is 17.3 Å². The number of allylic oxidation sites excluding steroid dienone is 2. The fourth-order valence-corrected chi connectivity index (χ4v) is 8.69. The van der Waals surface area contributed by atoms with Crippen LogP contribution in [0.1, 0.15) is 122 Å². The van der Waals surface area contributed by atoms with Crippen LogP contribution in [0.5, 0.6) is 11.5 Å². The van der Waals surface area contributed by atoms with E-state index in [-0.39, 0.29) is 5.41 Å². The van der Waals surface area contributed by atoms with Crippen LogP contribution in [0, 0.1) is 24.7 Å². The van der Waals surface area contributed by atoms with Gasteiger partial charge in [0.2, 0.25) is 0 Å². The zero-order chi connectivity index (χ0) is 37.8. The molecule has 0 aliphatic heterocycles. The van der Waals surface area contributed by atoms with Crippen molar-refractivity contribution in [1.29, 1.82) is 0 Å². The minimum atomic E-state index is -0.0892. The zero-order valence-electron chi connectivity index (χ0n) is 33.8. The third-order valence-electron chi connectivity index (χ3n) is 11.4. The molecule has 0 bridgehead atoms. The number of para-hydroxylation sites is 1. The number of fused-ring (bicyclic) bond motifs is 3. The van der Waals surface area contributed by atoms with Crippen LogP contribution in [-0.2, 0) is 11.8 Å². The van der Waals surface area contributed by atoms with E-state index in [1.807, 2.05) is 6.20 Å². The van der Waals surface area contributed by atoms with Crippen molar-refractivity contribution in [3.63, 3.8) is 0 Å². The molecule has 6 aromatic rings. The molecule has 0 spiro atoms. The number of pyridine rings is 1. The lowest BCUT2D eigenvalue weighted by Crippen LogP contribution is -2.21. The fraction of sp³-hybridized carbons (Fsp3) is 0.417. The van der Waals surface area contributed by atoms with Crippen LogP contribution in [0.2, 0.25) is 0 Å². The zero-order valence-corrected chi connectivity index (χ0v) is 33.8. The number of benzene rings is 3. The second kappa shape index (κ2) is 14.3. The number of rotatable bonds is 9.